The van der Waals surface area contributed by atoms with Crippen molar-refractivity contribution in [3.05, 3.63) is 4.91 Å². The molecule has 1 unspecified atom stereocenters. The summed E-state index contributed by atoms with van der Waals surface area (Å²) in [7, 11) is 1.14. The number of hydrogen-bond acceptors (Lipinski definition) is 6. The quantitative estimate of drug-likeness (QED) is 0.371. The van der Waals surface area contributed by atoms with Crippen molar-refractivity contribution in [3.8, 4) is 0 Å². The zero-order valence-electron chi connectivity index (χ0n) is 8.96. The number of nitroso groups, excluding NO2 is 1. The zero-order valence-corrected chi connectivity index (χ0v) is 8.96. The number of ether oxygens (including phenoxy) is 1. The van der Waals surface area contributed by atoms with E-state index in [1.165, 1.54) is 0 Å². The van der Waals surface area contributed by atoms with Crippen molar-refractivity contribution in [1.29, 1.82) is 0 Å². The van der Waals surface area contributed by atoms with Gasteiger partial charge in [0.2, 0.25) is 0 Å². The highest BCUT2D eigenvalue weighted by Crippen LogP contribution is 2.03. The first-order valence-electron chi connectivity index (χ1n) is 4.70. The third-order valence-corrected chi connectivity index (χ3v) is 1.94. The molecule has 0 saturated heterocycles. The highest BCUT2D eigenvalue weighted by molar-refractivity contribution is 5.72. The van der Waals surface area contributed by atoms with Gasteiger partial charge in [0.1, 0.15) is 6.04 Å². The molecule has 0 aromatic rings. The topological polar surface area (TPSA) is 122 Å². The van der Waals surface area contributed by atoms with Crippen LogP contribution in [0.2, 0.25) is 0 Å². The van der Waals surface area contributed by atoms with Crippen LogP contribution < -0.4 is 5.73 Å². The van der Waals surface area contributed by atoms with Crippen molar-refractivity contribution < 1.29 is 19.4 Å². The van der Waals surface area contributed by atoms with E-state index in [9.17, 15) is 14.5 Å². The first kappa shape index (κ1) is 14.3. The fraction of sp³-hybridized carbons (Fsp3) is 0.750. The maximum atomic E-state index is 10.9. The lowest BCUT2D eigenvalue weighted by Gasteiger charge is -2.11. The van der Waals surface area contributed by atoms with E-state index < -0.39 is 18.1 Å². The van der Waals surface area contributed by atoms with Crippen LogP contribution in [-0.4, -0.2) is 41.9 Å². The van der Waals surface area contributed by atoms with Gasteiger partial charge in [-0.15, -0.1) is 4.91 Å². The lowest BCUT2D eigenvalue weighted by Crippen LogP contribution is -2.30. The summed E-state index contributed by atoms with van der Waals surface area (Å²) >= 11 is 0. The second-order valence-electron chi connectivity index (χ2n) is 3.12. The molecule has 0 aliphatic heterocycles. The average molecular weight is 233 g/mol. The summed E-state index contributed by atoms with van der Waals surface area (Å²) in [5.41, 5.74) is 5.26. The van der Waals surface area contributed by atoms with Gasteiger partial charge in [-0.2, -0.15) is 5.01 Å². The van der Waals surface area contributed by atoms with Crippen molar-refractivity contribution in [2.24, 2.45) is 11.0 Å². The van der Waals surface area contributed by atoms with Crippen molar-refractivity contribution >= 4 is 12.1 Å². The number of methoxy groups -OCH3 is 1. The Hall–Kier alpha value is -1.70. The first-order chi connectivity index (χ1) is 7.52. The summed E-state index contributed by atoms with van der Waals surface area (Å²) in [5.74, 6) is -1.07. The highest BCUT2D eigenvalue weighted by Gasteiger charge is 2.15. The molecule has 16 heavy (non-hydrogen) atoms. The van der Waals surface area contributed by atoms with Gasteiger partial charge in [0.25, 0.3) is 0 Å². The lowest BCUT2D eigenvalue weighted by molar-refractivity contribution is -0.138. The fourth-order valence-corrected chi connectivity index (χ4v) is 1.02. The molecule has 0 spiro atoms. The Morgan fingerprint density at radius 1 is 1.50 bits per heavy atom. The molecule has 92 valence electrons. The molecule has 1 atom stereocenters. The number of rotatable bonds is 7. The Morgan fingerprint density at radius 2 is 2.12 bits per heavy atom. The van der Waals surface area contributed by atoms with Crippen LogP contribution in [0.25, 0.3) is 0 Å². The molecule has 1 amide bonds. The van der Waals surface area contributed by atoms with E-state index in [0.29, 0.717) is 17.9 Å². The van der Waals surface area contributed by atoms with E-state index in [4.69, 9.17) is 10.8 Å². The Bertz CT molecular complexity index is 258. The summed E-state index contributed by atoms with van der Waals surface area (Å²) in [6.07, 6.45) is 0.360. The monoisotopic (exact) mass is 233 g/mol. The van der Waals surface area contributed by atoms with Crippen molar-refractivity contribution in [2.45, 2.75) is 25.3 Å². The number of nitrogens with zero attached hydrogens (tertiary/aromatic N) is 2. The summed E-state index contributed by atoms with van der Waals surface area (Å²) in [5, 5.41) is 11.6. The minimum Gasteiger partial charge on any atom is -0.480 e. The average Bonchev–Trinajstić information content (AvgIpc) is 2.27. The number of unbranched alkanes of at least 4 members (excludes halogenated alkanes) is 1. The standard InChI is InChI=1S/C8H15N3O5/c1-16-8(14)11(10-15)5-3-2-4-6(9)7(12)13/h6H,2-5,9H2,1H3,(H,12,13). The van der Waals surface area contributed by atoms with E-state index in [-0.39, 0.29) is 13.0 Å². The van der Waals surface area contributed by atoms with Crippen molar-refractivity contribution in [2.75, 3.05) is 13.7 Å². The maximum Gasteiger partial charge on any atom is 0.432 e. The van der Waals surface area contributed by atoms with Gasteiger partial charge >= 0.3 is 12.1 Å². The van der Waals surface area contributed by atoms with Gasteiger partial charge in [0.05, 0.1) is 18.9 Å². The van der Waals surface area contributed by atoms with E-state index in [1.807, 2.05) is 0 Å². The van der Waals surface area contributed by atoms with Crippen LogP contribution in [0.5, 0.6) is 0 Å². The molecule has 0 rings (SSSR count). The van der Waals surface area contributed by atoms with Crippen LogP contribution in [0.3, 0.4) is 0 Å². The first-order valence-corrected chi connectivity index (χ1v) is 4.70. The van der Waals surface area contributed by atoms with E-state index >= 15 is 0 Å². The molecule has 0 aromatic heterocycles. The van der Waals surface area contributed by atoms with Crippen molar-refractivity contribution in [3.63, 3.8) is 0 Å². The lowest BCUT2D eigenvalue weighted by atomic mass is 10.1. The van der Waals surface area contributed by atoms with Gasteiger partial charge in [-0.05, 0) is 19.3 Å². The molecular formula is C8H15N3O5. The highest BCUT2D eigenvalue weighted by atomic mass is 16.6. The zero-order chi connectivity index (χ0) is 12.6. The summed E-state index contributed by atoms with van der Waals surface area (Å²) in [4.78, 5) is 31.4. The van der Waals surface area contributed by atoms with Crippen molar-refractivity contribution in [1.82, 2.24) is 5.01 Å². The molecule has 0 aliphatic rings. The van der Waals surface area contributed by atoms with E-state index in [0.717, 1.165) is 7.11 Å². The summed E-state index contributed by atoms with van der Waals surface area (Å²) < 4.78 is 4.29. The van der Waals surface area contributed by atoms with Gasteiger partial charge in [0.15, 0.2) is 0 Å². The number of carbonyl (C=O) groups is 2. The van der Waals surface area contributed by atoms with Crippen LogP contribution in [-0.2, 0) is 9.53 Å². The Morgan fingerprint density at radius 3 is 2.56 bits per heavy atom. The number of carbonyl (C=O) groups excluding carboxylic acids is 1. The normalized spacial score (nSPS) is 11.6. The molecule has 0 bridgehead atoms. The number of carboxylic acid groups (broad SMARTS) is 1. The number of amides is 1. The third-order valence-electron chi connectivity index (χ3n) is 1.94. The molecule has 8 heteroatoms. The Balaban J connectivity index is 3.75. The van der Waals surface area contributed by atoms with Gasteiger partial charge < -0.3 is 15.6 Å². The number of carboxylic acids is 1. The number of aliphatic carboxylic acids is 1. The minimum absolute atomic E-state index is 0.0858. The number of nitrogens with two attached hydrogens (primary N) is 1. The van der Waals surface area contributed by atoms with E-state index in [2.05, 4.69) is 10.0 Å². The van der Waals surface area contributed by atoms with Crippen LogP contribution in [0.4, 0.5) is 4.79 Å². The second kappa shape index (κ2) is 7.57. The SMILES string of the molecule is COC(=O)N(CCCCC(N)C(=O)O)N=O. The van der Waals surface area contributed by atoms with Crippen LogP contribution >= 0.6 is 0 Å². The minimum atomic E-state index is -1.07. The summed E-state index contributed by atoms with van der Waals surface area (Å²) in [6.45, 7) is 0.0858. The van der Waals surface area contributed by atoms with Gasteiger partial charge in [0, 0.05) is 0 Å². The summed E-state index contributed by atoms with van der Waals surface area (Å²) in [6, 6.07) is -0.921. The Labute approximate surface area is 92.3 Å². The van der Waals surface area contributed by atoms with Gasteiger partial charge in [-0.25, -0.2) is 4.79 Å². The Kier molecular flexibility index (Phi) is 6.77. The van der Waals surface area contributed by atoms with E-state index in [1.54, 1.807) is 0 Å². The molecule has 3 N–H and O–H groups in total. The molecule has 0 radical (unpaired) electrons. The molecule has 0 saturated carbocycles. The maximum absolute atomic E-state index is 10.9. The van der Waals surface area contributed by atoms with Gasteiger partial charge in [-0.3, -0.25) is 4.79 Å². The van der Waals surface area contributed by atoms with Crippen LogP contribution in [0, 0.1) is 4.91 Å². The predicted molar refractivity (Wildman–Crippen MR) is 54.4 cm³/mol. The molecule has 0 aliphatic carbocycles. The molecular weight excluding hydrogens is 218 g/mol. The molecule has 0 aromatic carbocycles. The van der Waals surface area contributed by atoms with Gasteiger partial charge in [-0.1, -0.05) is 0 Å². The second-order valence-corrected chi connectivity index (χ2v) is 3.12. The number of hydrogen-bond donors (Lipinski definition) is 2. The predicted octanol–water partition coefficient (Wildman–Crippen LogP) is 0.318. The molecule has 0 heterocycles. The van der Waals surface area contributed by atoms with Crippen LogP contribution in [0.15, 0.2) is 5.29 Å². The smallest absolute Gasteiger partial charge is 0.432 e. The van der Waals surface area contributed by atoms with Crippen LogP contribution in [0.1, 0.15) is 19.3 Å². The molecule has 8 nitrogen and oxygen atoms in total. The third kappa shape index (κ3) is 5.25. The largest absolute Gasteiger partial charge is 0.480 e. The fourth-order valence-electron chi connectivity index (χ4n) is 1.02. The molecule has 0 fully saturated rings.